The molecule has 1 heterocycles. The number of hydrogen-bond donors (Lipinski definition) is 1. The molecule has 1 N–H and O–H groups in total. The average Bonchev–Trinajstić information content (AvgIpc) is 2.19. The summed E-state index contributed by atoms with van der Waals surface area (Å²) >= 11 is 0. The molecule has 0 aromatic carbocycles. The number of aromatic nitrogens is 2. The van der Waals surface area contributed by atoms with Gasteiger partial charge >= 0.3 is 0 Å². The Morgan fingerprint density at radius 2 is 2.38 bits per heavy atom. The molecule has 0 fully saturated rings. The standard InChI is InChI=1S/C9H14N2O2/c1-13-6-2-3-9-10-5-4-8(7-12)11-9/h4-5,12H,2-3,6-7H2,1H3. The normalized spacial score (nSPS) is 10.3. The highest BCUT2D eigenvalue weighted by molar-refractivity contribution is 5.00. The molecule has 0 saturated heterocycles. The second-order valence-corrected chi connectivity index (χ2v) is 2.72. The number of rotatable bonds is 5. The maximum atomic E-state index is 8.82. The third kappa shape index (κ3) is 3.48. The monoisotopic (exact) mass is 182 g/mol. The fourth-order valence-electron chi connectivity index (χ4n) is 1.02. The van der Waals surface area contributed by atoms with E-state index in [9.17, 15) is 0 Å². The van der Waals surface area contributed by atoms with E-state index < -0.39 is 0 Å². The zero-order valence-electron chi connectivity index (χ0n) is 7.73. The first-order chi connectivity index (χ1) is 6.36. The second kappa shape index (κ2) is 5.61. The number of methoxy groups -OCH3 is 1. The zero-order valence-corrected chi connectivity index (χ0v) is 7.73. The molecule has 0 aliphatic carbocycles. The van der Waals surface area contributed by atoms with Gasteiger partial charge < -0.3 is 9.84 Å². The Morgan fingerprint density at radius 1 is 1.54 bits per heavy atom. The Hall–Kier alpha value is -1.00. The molecule has 0 radical (unpaired) electrons. The van der Waals surface area contributed by atoms with Crippen LogP contribution >= 0.6 is 0 Å². The van der Waals surface area contributed by atoms with Crippen LogP contribution in [0.3, 0.4) is 0 Å². The van der Waals surface area contributed by atoms with Gasteiger partial charge in [-0.2, -0.15) is 0 Å². The zero-order chi connectivity index (χ0) is 9.52. The Labute approximate surface area is 77.6 Å². The third-order valence-corrected chi connectivity index (χ3v) is 1.67. The minimum absolute atomic E-state index is 0.0280. The molecule has 0 aliphatic heterocycles. The van der Waals surface area contributed by atoms with Gasteiger partial charge in [0.15, 0.2) is 0 Å². The van der Waals surface area contributed by atoms with Crippen LogP contribution in [0.5, 0.6) is 0 Å². The van der Waals surface area contributed by atoms with Crippen molar-refractivity contribution < 1.29 is 9.84 Å². The molecule has 1 aromatic rings. The van der Waals surface area contributed by atoms with Gasteiger partial charge in [0.05, 0.1) is 12.3 Å². The molecular formula is C9H14N2O2. The van der Waals surface area contributed by atoms with Crippen LogP contribution in [0.1, 0.15) is 17.9 Å². The summed E-state index contributed by atoms with van der Waals surface area (Å²) in [4.78, 5) is 8.23. The molecule has 1 rings (SSSR count). The molecule has 0 bridgehead atoms. The van der Waals surface area contributed by atoms with Gasteiger partial charge in [0, 0.05) is 26.3 Å². The average molecular weight is 182 g/mol. The Morgan fingerprint density at radius 3 is 3.08 bits per heavy atom. The van der Waals surface area contributed by atoms with Crippen molar-refractivity contribution in [1.29, 1.82) is 0 Å². The van der Waals surface area contributed by atoms with Crippen LogP contribution in [0.4, 0.5) is 0 Å². The van der Waals surface area contributed by atoms with Gasteiger partial charge in [-0.05, 0) is 12.5 Å². The van der Waals surface area contributed by atoms with Crippen LogP contribution in [0, 0.1) is 0 Å². The lowest BCUT2D eigenvalue weighted by Gasteiger charge is -2.00. The molecule has 4 nitrogen and oxygen atoms in total. The highest BCUT2D eigenvalue weighted by Crippen LogP contribution is 1.98. The van der Waals surface area contributed by atoms with Gasteiger partial charge in [-0.3, -0.25) is 0 Å². The Kier molecular flexibility index (Phi) is 4.35. The number of ether oxygens (including phenoxy) is 1. The molecule has 13 heavy (non-hydrogen) atoms. The number of nitrogens with zero attached hydrogens (tertiary/aromatic N) is 2. The Balaban J connectivity index is 2.46. The molecule has 0 atom stereocenters. The summed E-state index contributed by atoms with van der Waals surface area (Å²) in [5.41, 5.74) is 0.669. The fourth-order valence-corrected chi connectivity index (χ4v) is 1.02. The van der Waals surface area contributed by atoms with E-state index in [0.717, 1.165) is 18.7 Å². The van der Waals surface area contributed by atoms with Crippen molar-refractivity contribution in [3.05, 3.63) is 23.8 Å². The summed E-state index contributed by atoms with van der Waals surface area (Å²) in [6.45, 7) is 0.687. The van der Waals surface area contributed by atoms with Crippen molar-refractivity contribution in [3.63, 3.8) is 0 Å². The molecule has 0 unspecified atom stereocenters. The molecule has 0 spiro atoms. The van der Waals surface area contributed by atoms with E-state index in [1.165, 1.54) is 0 Å². The van der Waals surface area contributed by atoms with E-state index in [1.807, 2.05) is 0 Å². The highest BCUT2D eigenvalue weighted by atomic mass is 16.5. The van der Waals surface area contributed by atoms with Gasteiger partial charge in [-0.1, -0.05) is 0 Å². The van der Waals surface area contributed by atoms with Crippen LogP contribution in [-0.4, -0.2) is 28.8 Å². The molecular weight excluding hydrogens is 168 g/mol. The van der Waals surface area contributed by atoms with E-state index in [0.29, 0.717) is 12.3 Å². The smallest absolute Gasteiger partial charge is 0.128 e. The minimum atomic E-state index is -0.0280. The maximum Gasteiger partial charge on any atom is 0.128 e. The molecule has 0 saturated carbocycles. The SMILES string of the molecule is COCCCc1nccc(CO)n1. The third-order valence-electron chi connectivity index (χ3n) is 1.67. The first-order valence-electron chi connectivity index (χ1n) is 4.27. The van der Waals surface area contributed by atoms with Crippen LogP contribution in [0.25, 0.3) is 0 Å². The van der Waals surface area contributed by atoms with E-state index in [1.54, 1.807) is 19.4 Å². The van der Waals surface area contributed by atoms with Gasteiger partial charge in [-0.15, -0.1) is 0 Å². The van der Waals surface area contributed by atoms with Crippen molar-refractivity contribution in [2.24, 2.45) is 0 Å². The van der Waals surface area contributed by atoms with Crippen LogP contribution in [0.15, 0.2) is 12.3 Å². The second-order valence-electron chi connectivity index (χ2n) is 2.72. The molecule has 0 amide bonds. The molecule has 4 heteroatoms. The van der Waals surface area contributed by atoms with Crippen LogP contribution < -0.4 is 0 Å². The van der Waals surface area contributed by atoms with E-state index >= 15 is 0 Å². The van der Waals surface area contributed by atoms with Crippen LogP contribution in [-0.2, 0) is 17.8 Å². The summed E-state index contributed by atoms with van der Waals surface area (Å²) < 4.78 is 4.92. The molecule has 72 valence electrons. The quantitative estimate of drug-likeness (QED) is 0.675. The summed E-state index contributed by atoms with van der Waals surface area (Å²) in [7, 11) is 1.67. The largest absolute Gasteiger partial charge is 0.390 e. The summed E-state index contributed by atoms with van der Waals surface area (Å²) in [5, 5.41) is 8.82. The fraction of sp³-hybridized carbons (Fsp3) is 0.556. The number of aliphatic hydroxyl groups is 1. The first-order valence-corrected chi connectivity index (χ1v) is 4.27. The maximum absolute atomic E-state index is 8.82. The van der Waals surface area contributed by atoms with Gasteiger partial charge in [0.2, 0.25) is 0 Å². The molecule has 1 aromatic heterocycles. The number of aryl methyl sites for hydroxylation is 1. The van der Waals surface area contributed by atoms with Crippen molar-refractivity contribution in [3.8, 4) is 0 Å². The van der Waals surface area contributed by atoms with E-state index in [4.69, 9.17) is 9.84 Å². The van der Waals surface area contributed by atoms with E-state index in [-0.39, 0.29) is 6.61 Å². The van der Waals surface area contributed by atoms with Crippen molar-refractivity contribution in [2.75, 3.05) is 13.7 Å². The van der Waals surface area contributed by atoms with Crippen LogP contribution in [0.2, 0.25) is 0 Å². The highest BCUT2D eigenvalue weighted by Gasteiger charge is 1.97. The first kappa shape index (κ1) is 10.1. The van der Waals surface area contributed by atoms with Gasteiger partial charge in [-0.25, -0.2) is 9.97 Å². The minimum Gasteiger partial charge on any atom is -0.390 e. The number of aliphatic hydroxyl groups excluding tert-OH is 1. The lowest BCUT2D eigenvalue weighted by molar-refractivity contribution is 0.194. The predicted octanol–water partition coefficient (Wildman–Crippen LogP) is 0.548. The predicted molar refractivity (Wildman–Crippen MR) is 48.2 cm³/mol. The summed E-state index contributed by atoms with van der Waals surface area (Å²) in [6.07, 6.45) is 3.37. The number of hydrogen-bond acceptors (Lipinski definition) is 4. The van der Waals surface area contributed by atoms with Crippen molar-refractivity contribution in [1.82, 2.24) is 9.97 Å². The van der Waals surface area contributed by atoms with E-state index in [2.05, 4.69) is 9.97 Å². The van der Waals surface area contributed by atoms with Crippen molar-refractivity contribution in [2.45, 2.75) is 19.4 Å². The Bertz CT molecular complexity index is 253. The van der Waals surface area contributed by atoms with Crippen molar-refractivity contribution >= 4 is 0 Å². The topological polar surface area (TPSA) is 55.2 Å². The lowest BCUT2D eigenvalue weighted by atomic mass is 10.3. The summed E-state index contributed by atoms with van der Waals surface area (Å²) in [5.74, 6) is 0.767. The van der Waals surface area contributed by atoms with Gasteiger partial charge in [0.25, 0.3) is 0 Å². The molecule has 0 aliphatic rings. The van der Waals surface area contributed by atoms with Gasteiger partial charge in [0.1, 0.15) is 5.82 Å². The lowest BCUT2D eigenvalue weighted by Crippen LogP contribution is -2.00. The summed E-state index contributed by atoms with van der Waals surface area (Å²) in [6, 6.07) is 1.71.